The largest absolute Gasteiger partial charge is 0.487 e. The maximum atomic E-state index is 13.6. The molecule has 3 rings (SSSR count). The molecule has 38 heavy (non-hydrogen) atoms. The summed E-state index contributed by atoms with van der Waals surface area (Å²) in [6.07, 6.45) is -0.553. The van der Waals surface area contributed by atoms with Crippen LogP contribution in [-0.2, 0) is 10.0 Å². The normalized spacial score (nSPS) is 19.8. The molecule has 0 unspecified atom stereocenters. The fourth-order valence-corrected chi connectivity index (χ4v) is 5.86. The van der Waals surface area contributed by atoms with Gasteiger partial charge in [0.1, 0.15) is 28.1 Å². The molecule has 0 radical (unpaired) electrons. The highest BCUT2D eigenvalue weighted by Crippen LogP contribution is 2.34. The summed E-state index contributed by atoms with van der Waals surface area (Å²) in [5.41, 5.74) is 1.68. The third kappa shape index (κ3) is 6.66. The van der Waals surface area contributed by atoms with Crippen LogP contribution in [0.15, 0.2) is 27.6 Å². The summed E-state index contributed by atoms with van der Waals surface area (Å²) in [4.78, 5) is 16.4. The maximum Gasteiger partial charge on any atom is 0.321 e. The van der Waals surface area contributed by atoms with Crippen LogP contribution in [0.3, 0.4) is 0 Å². The van der Waals surface area contributed by atoms with E-state index in [0.717, 1.165) is 0 Å². The van der Waals surface area contributed by atoms with Gasteiger partial charge < -0.3 is 24.6 Å². The number of amides is 2. The van der Waals surface area contributed by atoms with E-state index >= 15 is 0 Å². The monoisotopic (exact) mass is 547 g/mol. The van der Waals surface area contributed by atoms with Gasteiger partial charge in [0, 0.05) is 31.1 Å². The number of benzene rings is 1. The Bertz CT molecular complexity index is 1290. The summed E-state index contributed by atoms with van der Waals surface area (Å²) >= 11 is 0. The molecule has 0 spiro atoms. The second kappa shape index (κ2) is 12.2. The number of ether oxygens (including phenoxy) is 1. The molecule has 0 saturated heterocycles. The second-order valence-corrected chi connectivity index (χ2v) is 11.8. The summed E-state index contributed by atoms with van der Waals surface area (Å²) in [5.74, 6) is 6.43. The fraction of sp³-hybridized carbons (Fsp3) is 0.538. The van der Waals surface area contributed by atoms with E-state index in [1.54, 1.807) is 40.0 Å². The van der Waals surface area contributed by atoms with Crippen LogP contribution in [0.4, 0.5) is 10.5 Å². The Morgan fingerprint density at radius 3 is 2.63 bits per heavy atom. The Balaban J connectivity index is 1.96. The number of aliphatic hydroxyl groups excluding tert-OH is 1. The molecule has 11 nitrogen and oxygen atoms in total. The topological polar surface area (TPSA) is 128 Å². The molecule has 0 fully saturated rings. The number of hydrogen-bond acceptors (Lipinski definition) is 8. The molecule has 12 heteroatoms. The highest BCUT2D eigenvalue weighted by molar-refractivity contribution is 7.89. The number of carbonyl (C=O) groups excluding carboxylic acids is 1. The van der Waals surface area contributed by atoms with Crippen LogP contribution < -0.4 is 10.1 Å². The lowest BCUT2D eigenvalue weighted by Crippen LogP contribution is -2.50. The number of aliphatic hydroxyl groups is 1. The molecular weight excluding hydrogens is 510 g/mol. The van der Waals surface area contributed by atoms with Gasteiger partial charge in [-0.2, -0.15) is 4.31 Å². The van der Waals surface area contributed by atoms with Crippen molar-refractivity contribution >= 4 is 21.7 Å². The van der Waals surface area contributed by atoms with Crippen LogP contribution in [0.2, 0.25) is 0 Å². The lowest BCUT2D eigenvalue weighted by molar-refractivity contribution is 0.0830. The molecule has 1 aliphatic rings. The van der Waals surface area contributed by atoms with E-state index in [1.807, 2.05) is 25.9 Å². The Morgan fingerprint density at radius 2 is 2.03 bits per heavy atom. The van der Waals surface area contributed by atoms with Crippen LogP contribution in [0.25, 0.3) is 0 Å². The zero-order valence-corrected chi connectivity index (χ0v) is 23.8. The number of rotatable bonds is 6. The summed E-state index contributed by atoms with van der Waals surface area (Å²) in [6.45, 7) is 7.46. The van der Waals surface area contributed by atoms with Crippen LogP contribution in [0.5, 0.6) is 5.75 Å². The van der Waals surface area contributed by atoms with Crippen LogP contribution >= 0.6 is 0 Å². The lowest BCUT2D eigenvalue weighted by Gasteiger charge is -2.37. The van der Waals surface area contributed by atoms with Gasteiger partial charge in [0.25, 0.3) is 0 Å². The molecule has 2 N–H and O–H groups in total. The predicted octanol–water partition coefficient (Wildman–Crippen LogP) is 2.14. The van der Waals surface area contributed by atoms with Crippen molar-refractivity contribution in [2.24, 2.45) is 5.92 Å². The van der Waals surface area contributed by atoms with E-state index in [2.05, 4.69) is 22.3 Å². The van der Waals surface area contributed by atoms with Crippen LogP contribution in [0.1, 0.15) is 30.9 Å². The number of nitrogens with one attached hydrogen (secondary N) is 1. The molecular formula is C26H37N5O6S. The molecule has 208 valence electrons. The molecule has 0 saturated carbocycles. The van der Waals surface area contributed by atoms with Crippen molar-refractivity contribution in [3.05, 3.63) is 35.2 Å². The van der Waals surface area contributed by atoms with E-state index < -0.39 is 22.2 Å². The molecule has 3 atom stereocenters. The van der Waals surface area contributed by atoms with Gasteiger partial charge in [-0.15, -0.1) is 0 Å². The van der Waals surface area contributed by atoms with Gasteiger partial charge in [0.15, 0.2) is 5.76 Å². The predicted molar refractivity (Wildman–Crippen MR) is 144 cm³/mol. The van der Waals surface area contributed by atoms with Gasteiger partial charge in [0.2, 0.25) is 10.0 Å². The van der Waals surface area contributed by atoms with E-state index in [1.165, 1.54) is 15.3 Å². The molecule has 2 amide bonds. The van der Waals surface area contributed by atoms with Crippen molar-refractivity contribution < 1.29 is 27.6 Å². The van der Waals surface area contributed by atoms with E-state index in [0.29, 0.717) is 29.2 Å². The number of hydrogen-bond donors (Lipinski definition) is 2. The second-order valence-electron chi connectivity index (χ2n) is 9.95. The third-order valence-electron chi connectivity index (χ3n) is 6.36. The number of nitrogens with zero attached hydrogens (tertiary/aromatic N) is 4. The number of fused-ring (bicyclic) bond motifs is 1. The average molecular weight is 548 g/mol. The Hall–Kier alpha value is -3.11. The number of aromatic nitrogens is 1. The van der Waals surface area contributed by atoms with E-state index in [9.17, 15) is 18.3 Å². The van der Waals surface area contributed by atoms with E-state index in [-0.39, 0.29) is 42.3 Å². The quantitative estimate of drug-likeness (QED) is 0.527. The van der Waals surface area contributed by atoms with Crippen molar-refractivity contribution in [1.82, 2.24) is 19.3 Å². The highest BCUT2D eigenvalue weighted by atomic mass is 32.2. The Morgan fingerprint density at radius 1 is 1.32 bits per heavy atom. The molecule has 0 bridgehead atoms. The van der Waals surface area contributed by atoms with Crippen molar-refractivity contribution in [2.75, 3.05) is 52.7 Å². The first-order chi connectivity index (χ1) is 17.8. The summed E-state index contributed by atoms with van der Waals surface area (Å²) in [5, 5.41) is 16.5. The number of carbonyl (C=O) groups is 1. The van der Waals surface area contributed by atoms with Crippen LogP contribution in [-0.4, -0.2) is 98.3 Å². The fourth-order valence-electron chi connectivity index (χ4n) is 4.04. The van der Waals surface area contributed by atoms with Gasteiger partial charge in [0.05, 0.1) is 19.7 Å². The van der Waals surface area contributed by atoms with Gasteiger partial charge in [-0.05, 0) is 53.1 Å². The van der Waals surface area contributed by atoms with Crippen molar-refractivity contribution in [3.8, 4) is 17.6 Å². The number of sulfonamides is 1. The van der Waals surface area contributed by atoms with E-state index in [4.69, 9.17) is 9.26 Å². The summed E-state index contributed by atoms with van der Waals surface area (Å²) < 4.78 is 40.0. The summed E-state index contributed by atoms with van der Waals surface area (Å²) in [7, 11) is 1.49. The standard InChI is InChI=1S/C26H37N5O6S/c1-17-14-31(18(2)16-32)38(34,35)24-11-10-21(9-8-12-29(5)6)13-22(24)36-23(17)15-30(7)26(33)27-25-19(3)28-37-20(25)4/h10-11,13,17-18,23,32H,12,14-16H2,1-7H3,(H,27,33)/t17-,18+,23-/m0/s1. The zero-order valence-electron chi connectivity index (χ0n) is 23.0. The third-order valence-corrected chi connectivity index (χ3v) is 8.38. The highest BCUT2D eigenvalue weighted by Gasteiger charge is 2.38. The molecule has 2 heterocycles. The molecule has 1 aromatic carbocycles. The lowest BCUT2D eigenvalue weighted by atomic mass is 10.0. The minimum atomic E-state index is -3.97. The molecule has 1 aromatic heterocycles. The van der Waals surface area contributed by atoms with Gasteiger partial charge >= 0.3 is 6.03 Å². The zero-order chi connectivity index (χ0) is 28.2. The molecule has 2 aromatic rings. The minimum absolute atomic E-state index is 0.00400. The Kier molecular flexibility index (Phi) is 9.43. The number of likely N-dealkylation sites (N-methyl/N-ethyl adjacent to an activating group) is 1. The first-order valence-corrected chi connectivity index (χ1v) is 13.8. The van der Waals surface area contributed by atoms with Crippen molar-refractivity contribution in [1.29, 1.82) is 0 Å². The van der Waals surface area contributed by atoms with Crippen LogP contribution in [0, 0.1) is 31.6 Å². The van der Waals surface area contributed by atoms with Crippen molar-refractivity contribution in [3.63, 3.8) is 0 Å². The summed E-state index contributed by atoms with van der Waals surface area (Å²) in [6, 6.07) is 3.73. The van der Waals surface area contributed by atoms with Gasteiger partial charge in [-0.3, -0.25) is 4.90 Å². The Labute approximate surface area is 224 Å². The first kappa shape index (κ1) is 29.4. The molecule has 1 aliphatic heterocycles. The number of urea groups is 1. The van der Waals surface area contributed by atoms with Crippen molar-refractivity contribution in [2.45, 2.75) is 44.7 Å². The van der Waals surface area contributed by atoms with Gasteiger partial charge in [-0.1, -0.05) is 23.9 Å². The molecule has 0 aliphatic carbocycles. The maximum absolute atomic E-state index is 13.6. The SMILES string of the molecule is Cc1noc(C)c1NC(=O)N(C)C[C@@H]1Oc2cc(C#CCN(C)C)ccc2S(=O)(=O)N([C@H](C)CO)C[C@@H]1C. The number of aryl methyl sites for hydroxylation is 2. The average Bonchev–Trinajstić information content (AvgIpc) is 3.17. The minimum Gasteiger partial charge on any atom is -0.487 e. The first-order valence-electron chi connectivity index (χ1n) is 12.4. The smallest absolute Gasteiger partial charge is 0.321 e. The number of anilines is 1. The van der Waals surface area contributed by atoms with Gasteiger partial charge in [-0.25, -0.2) is 13.2 Å².